The van der Waals surface area contributed by atoms with Gasteiger partial charge in [-0.05, 0) is 48.7 Å². The summed E-state index contributed by atoms with van der Waals surface area (Å²) in [5.41, 5.74) is 2.84. The molecule has 0 spiro atoms. The summed E-state index contributed by atoms with van der Waals surface area (Å²) in [6, 6.07) is 10.8. The standard InChI is InChI=1S/C17H19NO4/c1-11-8-12(2)16(19)15(9-11)18-17(20)22-10-13-4-6-14(21-3)7-5-13/h4-9,19H,10H2,1-3H3,(H,18,20). The van der Waals surface area contributed by atoms with E-state index in [0.29, 0.717) is 11.3 Å². The second-order valence-electron chi connectivity index (χ2n) is 5.03. The summed E-state index contributed by atoms with van der Waals surface area (Å²) in [7, 11) is 1.59. The highest BCUT2D eigenvalue weighted by molar-refractivity contribution is 5.87. The molecular formula is C17H19NO4. The van der Waals surface area contributed by atoms with Crippen LogP contribution in [0.4, 0.5) is 10.5 Å². The number of rotatable bonds is 4. The number of aryl methyl sites for hydroxylation is 2. The monoisotopic (exact) mass is 301 g/mol. The fourth-order valence-electron chi connectivity index (χ4n) is 2.07. The first kappa shape index (κ1) is 15.7. The Bertz CT molecular complexity index is 665. The molecule has 5 heteroatoms. The molecule has 0 aliphatic heterocycles. The maximum Gasteiger partial charge on any atom is 0.412 e. The molecule has 0 saturated heterocycles. The summed E-state index contributed by atoms with van der Waals surface area (Å²) in [5.74, 6) is 0.792. The zero-order chi connectivity index (χ0) is 16.1. The number of nitrogens with one attached hydrogen (secondary N) is 1. The lowest BCUT2D eigenvalue weighted by molar-refractivity contribution is 0.155. The number of amides is 1. The number of phenols is 1. The van der Waals surface area contributed by atoms with Gasteiger partial charge in [-0.2, -0.15) is 0 Å². The Labute approximate surface area is 129 Å². The number of hydrogen-bond donors (Lipinski definition) is 2. The van der Waals surface area contributed by atoms with Gasteiger partial charge in [-0.15, -0.1) is 0 Å². The van der Waals surface area contributed by atoms with E-state index in [-0.39, 0.29) is 12.4 Å². The van der Waals surface area contributed by atoms with Crippen LogP contribution in [0.2, 0.25) is 0 Å². The molecule has 0 aromatic heterocycles. The Hall–Kier alpha value is -2.69. The van der Waals surface area contributed by atoms with Crippen LogP contribution in [0.15, 0.2) is 36.4 Å². The van der Waals surface area contributed by atoms with E-state index in [9.17, 15) is 9.90 Å². The Morgan fingerprint density at radius 3 is 2.50 bits per heavy atom. The molecule has 2 rings (SSSR count). The minimum absolute atomic E-state index is 0.0481. The molecule has 0 saturated carbocycles. The molecule has 2 N–H and O–H groups in total. The van der Waals surface area contributed by atoms with Gasteiger partial charge in [-0.3, -0.25) is 5.32 Å². The number of methoxy groups -OCH3 is 1. The third kappa shape index (κ3) is 3.91. The normalized spacial score (nSPS) is 10.1. The van der Waals surface area contributed by atoms with Crippen molar-refractivity contribution >= 4 is 11.8 Å². The van der Waals surface area contributed by atoms with Crippen LogP contribution in [0.25, 0.3) is 0 Å². The topological polar surface area (TPSA) is 67.8 Å². The summed E-state index contributed by atoms with van der Waals surface area (Å²) in [6.07, 6.45) is -0.615. The van der Waals surface area contributed by atoms with E-state index in [0.717, 1.165) is 16.9 Å². The number of phenolic OH excluding ortho intramolecular Hbond substituents is 1. The quantitative estimate of drug-likeness (QED) is 0.844. The maximum absolute atomic E-state index is 11.8. The molecule has 0 aliphatic carbocycles. The van der Waals surface area contributed by atoms with Crippen molar-refractivity contribution < 1.29 is 19.4 Å². The van der Waals surface area contributed by atoms with E-state index in [1.807, 2.05) is 25.1 Å². The van der Waals surface area contributed by atoms with Crippen molar-refractivity contribution in [2.24, 2.45) is 0 Å². The summed E-state index contributed by atoms with van der Waals surface area (Å²) < 4.78 is 10.2. The predicted molar refractivity (Wildman–Crippen MR) is 84.4 cm³/mol. The van der Waals surface area contributed by atoms with E-state index in [1.54, 1.807) is 32.2 Å². The highest BCUT2D eigenvalue weighted by atomic mass is 16.5. The third-order valence-corrected chi connectivity index (χ3v) is 3.21. The van der Waals surface area contributed by atoms with E-state index in [2.05, 4.69) is 5.32 Å². The van der Waals surface area contributed by atoms with Gasteiger partial charge in [-0.25, -0.2) is 4.79 Å². The number of ether oxygens (including phenoxy) is 2. The van der Waals surface area contributed by atoms with Crippen LogP contribution in [-0.4, -0.2) is 18.3 Å². The molecule has 22 heavy (non-hydrogen) atoms. The maximum atomic E-state index is 11.8. The van der Waals surface area contributed by atoms with Gasteiger partial charge in [0.05, 0.1) is 12.8 Å². The number of aromatic hydroxyl groups is 1. The van der Waals surface area contributed by atoms with Crippen molar-refractivity contribution in [1.29, 1.82) is 0 Å². The van der Waals surface area contributed by atoms with E-state index in [4.69, 9.17) is 9.47 Å². The minimum Gasteiger partial charge on any atom is -0.505 e. The Morgan fingerprint density at radius 2 is 1.86 bits per heavy atom. The Kier molecular flexibility index (Phi) is 4.88. The van der Waals surface area contributed by atoms with Gasteiger partial charge in [-0.1, -0.05) is 18.2 Å². The minimum atomic E-state index is -0.615. The molecule has 116 valence electrons. The molecule has 2 aromatic rings. The Morgan fingerprint density at radius 1 is 1.18 bits per heavy atom. The summed E-state index contributed by atoms with van der Waals surface area (Å²) in [5, 5.41) is 12.5. The molecule has 0 aliphatic rings. The Balaban J connectivity index is 1.95. The van der Waals surface area contributed by atoms with Crippen molar-refractivity contribution in [2.45, 2.75) is 20.5 Å². The number of carbonyl (C=O) groups is 1. The van der Waals surface area contributed by atoms with Crippen LogP contribution in [0, 0.1) is 13.8 Å². The second-order valence-corrected chi connectivity index (χ2v) is 5.03. The van der Waals surface area contributed by atoms with Crippen molar-refractivity contribution in [3.63, 3.8) is 0 Å². The summed E-state index contributed by atoms with van der Waals surface area (Å²) >= 11 is 0. The lowest BCUT2D eigenvalue weighted by Crippen LogP contribution is -2.14. The summed E-state index contributed by atoms with van der Waals surface area (Å²) in [4.78, 5) is 11.8. The van der Waals surface area contributed by atoms with Gasteiger partial charge >= 0.3 is 6.09 Å². The average molecular weight is 301 g/mol. The lowest BCUT2D eigenvalue weighted by Gasteiger charge is -2.11. The van der Waals surface area contributed by atoms with Crippen molar-refractivity contribution in [1.82, 2.24) is 0 Å². The van der Waals surface area contributed by atoms with Gasteiger partial charge in [0.1, 0.15) is 18.1 Å². The predicted octanol–water partition coefficient (Wildman–Crippen LogP) is 3.77. The van der Waals surface area contributed by atoms with E-state index in [1.165, 1.54) is 0 Å². The highest BCUT2D eigenvalue weighted by Crippen LogP contribution is 2.28. The fourth-order valence-corrected chi connectivity index (χ4v) is 2.07. The smallest absolute Gasteiger partial charge is 0.412 e. The fraction of sp³-hybridized carbons (Fsp3) is 0.235. The molecule has 0 unspecified atom stereocenters. The summed E-state index contributed by atoms with van der Waals surface area (Å²) in [6.45, 7) is 3.80. The van der Waals surface area contributed by atoms with Crippen LogP contribution in [0.1, 0.15) is 16.7 Å². The first-order valence-electron chi connectivity index (χ1n) is 6.86. The van der Waals surface area contributed by atoms with Crippen molar-refractivity contribution in [2.75, 3.05) is 12.4 Å². The molecular weight excluding hydrogens is 282 g/mol. The number of benzene rings is 2. The van der Waals surface area contributed by atoms with E-state index >= 15 is 0 Å². The first-order chi connectivity index (χ1) is 10.5. The van der Waals surface area contributed by atoms with Crippen LogP contribution in [-0.2, 0) is 11.3 Å². The van der Waals surface area contributed by atoms with Crippen LogP contribution in [0.5, 0.6) is 11.5 Å². The van der Waals surface area contributed by atoms with Gasteiger partial charge in [0.25, 0.3) is 0 Å². The first-order valence-corrected chi connectivity index (χ1v) is 6.86. The van der Waals surface area contributed by atoms with Gasteiger partial charge in [0.15, 0.2) is 0 Å². The largest absolute Gasteiger partial charge is 0.505 e. The van der Waals surface area contributed by atoms with E-state index < -0.39 is 6.09 Å². The van der Waals surface area contributed by atoms with Crippen molar-refractivity contribution in [3.05, 3.63) is 53.1 Å². The number of hydrogen-bond acceptors (Lipinski definition) is 4. The van der Waals surface area contributed by atoms with Gasteiger partial charge in [0.2, 0.25) is 0 Å². The molecule has 0 heterocycles. The number of carbonyl (C=O) groups excluding carboxylic acids is 1. The van der Waals surface area contributed by atoms with Gasteiger partial charge < -0.3 is 14.6 Å². The molecule has 1 amide bonds. The molecule has 0 atom stereocenters. The highest BCUT2D eigenvalue weighted by Gasteiger charge is 2.10. The molecule has 2 aromatic carbocycles. The lowest BCUT2D eigenvalue weighted by atomic mass is 10.1. The molecule has 0 bridgehead atoms. The SMILES string of the molecule is COc1ccc(COC(=O)Nc2cc(C)cc(C)c2O)cc1. The third-order valence-electron chi connectivity index (χ3n) is 3.21. The molecule has 5 nitrogen and oxygen atoms in total. The van der Waals surface area contributed by atoms with Gasteiger partial charge in [0, 0.05) is 0 Å². The van der Waals surface area contributed by atoms with Crippen molar-refractivity contribution in [3.8, 4) is 11.5 Å². The van der Waals surface area contributed by atoms with Crippen LogP contribution in [0.3, 0.4) is 0 Å². The molecule has 0 radical (unpaired) electrons. The second kappa shape index (κ2) is 6.85. The number of anilines is 1. The zero-order valence-electron chi connectivity index (χ0n) is 12.8. The van der Waals surface area contributed by atoms with Crippen LogP contribution >= 0.6 is 0 Å². The molecule has 0 fully saturated rings. The average Bonchev–Trinajstić information content (AvgIpc) is 2.50. The van der Waals surface area contributed by atoms with Crippen LogP contribution < -0.4 is 10.1 Å². The zero-order valence-corrected chi connectivity index (χ0v) is 12.8.